The summed E-state index contributed by atoms with van der Waals surface area (Å²) < 4.78 is 28.1. The van der Waals surface area contributed by atoms with Gasteiger partial charge in [0.2, 0.25) is 0 Å². The summed E-state index contributed by atoms with van der Waals surface area (Å²) in [5.74, 6) is -1.65. The van der Waals surface area contributed by atoms with E-state index < -0.39 is 23.4 Å². The summed E-state index contributed by atoms with van der Waals surface area (Å²) in [5.41, 5.74) is 0.969. The average Bonchev–Trinajstić information content (AvgIpc) is 3.31. The van der Waals surface area contributed by atoms with Crippen molar-refractivity contribution in [1.29, 1.82) is 0 Å². The Morgan fingerprint density at radius 2 is 1.03 bits per heavy atom. The molecular formula is C24H12Cl2F2N2O2S2. The van der Waals surface area contributed by atoms with Crippen LogP contribution < -0.4 is 10.6 Å². The van der Waals surface area contributed by atoms with Crippen molar-refractivity contribution in [2.24, 2.45) is 0 Å². The van der Waals surface area contributed by atoms with E-state index in [1.54, 1.807) is 24.3 Å². The highest BCUT2D eigenvalue weighted by Gasteiger charge is 2.19. The van der Waals surface area contributed by atoms with Crippen molar-refractivity contribution in [3.05, 3.63) is 92.1 Å². The molecule has 0 aliphatic heterocycles. The van der Waals surface area contributed by atoms with Gasteiger partial charge in [0, 0.05) is 31.5 Å². The number of carbonyl (C=O) groups is 2. The molecule has 3 aromatic carbocycles. The molecular weight excluding hydrogens is 521 g/mol. The van der Waals surface area contributed by atoms with Crippen LogP contribution in [-0.2, 0) is 0 Å². The van der Waals surface area contributed by atoms with Gasteiger partial charge in [-0.3, -0.25) is 9.59 Å². The number of carbonyl (C=O) groups excluding carboxylic acids is 2. The van der Waals surface area contributed by atoms with E-state index in [1.807, 2.05) is 0 Å². The van der Waals surface area contributed by atoms with Crippen LogP contribution >= 0.6 is 45.9 Å². The summed E-state index contributed by atoms with van der Waals surface area (Å²) in [6.45, 7) is 0. The van der Waals surface area contributed by atoms with Gasteiger partial charge in [0.1, 0.15) is 21.4 Å². The quantitative estimate of drug-likeness (QED) is 0.245. The van der Waals surface area contributed by atoms with Crippen molar-refractivity contribution in [1.82, 2.24) is 0 Å². The Bertz CT molecular complexity index is 1480. The Kier molecular flexibility index (Phi) is 5.99. The van der Waals surface area contributed by atoms with Crippen molar-refractivity contribution in [2.75, 3.05) is 10.6 Å². The first-order valence-corrected chi connectivity index (χ1v) is 12.2. The number of nitrogens with one attached hydrogen (secondary N) is 2. The molecule has 4 nitrogen and oxygen atoms in total. The van der Waals surface area contributed by atoms with E-state index in [2.05, 4.69) is 10.6 Å². The number of thiophene rings is 2. The summed E-state index contributed by atoms with van der Waals surface area (Å²) in [5, 5.41) is 7.24. The smallest absolute Gasteiger partial charge is 0.267 e. The molecule has 0 saturated heterocycles. The fourth-order valence-electron chi connectivity index (χ4n) is 3.38. The second-order valence-electron chi connectivity index (χ2n) is 7.26. The second kappa shape index (κ2) is 8.96. The Labute approximate surface area is 209 Å². The summed E-state index contributed by atoms with van der Waals surface area (Å²) in [6.07, 6.45) is 0. The van der Waals surface area contributed by atoms with Crippen molar-refractivity contribution in [3.8, 4) is 0 Å². The van der Waals surface area contributed by atoms with Crippen LogP contribution in [0.3, 0.4) is 0 Å². The van der Waals surface area contributed by atoms with Crippen molar-refractivity contribution in [3.63, 3.8) is 0 Å². The lowest BCUT2D eigenvalue weighted by Gasteiger charge is -2.07. The average molecular weight is 533 g/mol. The number of fused-ring (bicyclic) bond motifs is 2. The molecule has 0 aliphatic rings. The molecule has 0 aliphatic carbocycles. The zero-order valence-electron chi connectivity index (χ0n) is 16.9. The Morgan fingerprint density at radius 3 is 1.41 bits per heavy atom. The monoisotopic (exact) mass is 532 g/mol. The van der Waals surface area contributed by atoms with Gasteiger partial charge in [-0.1, -0.05) is 23.2 Å². The molecule has 0 radical (unpaired) electrons. The van der Waals surface area contributed by atoms with Gasteiger partial charge in [-0.2, -0.15) is 0 Å². The fraction of sp³-hybridized carbons (Fsp3) is 0. The summed E-state index contributed by atoms with van der Waals surface area (Å²) in [6, 6.07) is 14.8. The molecule has 0 bridgehead atoms. The van der Waals surface area contributed by atoms with E-state index >= 15 is 0 Å². The van der Waals surface area contributed by atoms with Crippen LogP contribution in [0.15, 0.2) is 60.7 Å². The molecule has 0 saturated carbocycles. The fourth-order valence-corrected chi connectivity index (χ4v) is 6.26. The minimum atomic E-state index is -0.423. The van der Waals surface area contributed by atoms with E-state index in [4.69, 9.17) is 23.2 Å². The van der Waals surface area contributed by atoms with Crippen LogP contribution in [-0.4, -0.2) is 11.8 Å². The van der Waals surface area contributed by atoms with Gasteiger partial charge >= 0.3 is 0 Å². The van der Waals surface area contributed by atoms with Gasteiger partial charge in [-0.05, 0) is 60.7 Å². The molecule has 2 N–H and O–H groups in total. The molecule has 0 spiro atoms. The highest BCUT2D eigenvalue weighted by atomic mass is 35.5. The minimum absolute atomic E-state index is 0.265. The second-order valence-corrected chi connectivity index (χ2v) is 10.1. The Morgan fingerprint density at radius 1 is 0.647 bits per heavy atom. The molecule has 2 aromatic heterocycles. The summed E-state index contributed by atoms with van der Waals surface area (Å²) >= 11 is 14.8. The maximum absolute atomic E-state index is 13.5. The van der Waals surface area contributed by atoms with Crippen LogP contribution in [0.4, 0.5) is 20.2 Å². The third kappa shape index (κ3) is 4.25. The predicted octanol–water partition coefficient (Wildman–Crippen LogP) is 8.21. The lowest BCUT2D eigenvalue weighted by Crippen LogP contribution is -2.12. The van der Waals surface area contributed by atoms with Gasteiger partial charge in [0.15, 0.2) is 0 Å². The van der Waals surface area contributed by atoms with Gasteiger partial charge in [-0.15, -0.1) is 22.7 Å². The van der Waals surface area contributed by atoms with E-state index in [0.29, 0.717) is 31.5 Å². The third-order valence-corrected chi connectivity index (χ3v) is 8.31. The molecule has 5 aromatic rings. The zero-order valence-corrected chi connectivity index (χ0v) is 20.1. The molecule has 0 atom stereocenters. The SMILES string of the molecule is O=C(Nc1ccc(NC(=O)c2sc3cc(F)ccc3c2Cl)cc1)c1sc2cc(F)ccc2c1Cl. The van der Waals surface area contributed by atoms with Crippen LogP contribution in [0.25, 0.3) is 20.2 Å². The van der Waals surface area contributed by atoms with E-state index in [0.717, 1.165) is 22.7 Å². The van der Waals surface area contributed by atoms with Crippen LogP contribution in [0.2, 0.25) is 10.0 Å². The van der Waals surface area contributed by atoms with Gasteiger partial charge in [-0.25, -0.2) is 8.78 Å². The number of benzene rings is 3. The first-order valence-electron chi connectivity index (χ1n) is 9.78. The number of halogens is 4. The maximum Gasteiger partial charge on any atom is 0.267 e. The topological polar surface area (TPSA) is 58.2 Å². The first-order chi connectivity index (χ1) is 16.3. The predicted molar refractivity (Wildman–Crippen MR) is 136 cm³/mol. The lowest BCUT2D eigenvalue weighted by molar-refractivity contribution is 0.102. The normalized spacial score (nSPS) is 11.2. The van der Waals surface area contributed by atoms with E-state index in [-0.39, 0.29) is 19.8 Å². The Balaban J connectivity index is 1.30. The van der Waals surface area contributed by atoms with Crippen molar-refractivity contribution < 1.29 is 18.4 Å². The van der Waals surface area contributed by atoms with Crippen molar-refractivity contribution >= 4 is 89.2 Å². The number of hydrogen-bond acceptors (Lipinski definition) is 4. The maximum atomic E-state index is 13.5. The molecule has 0 fully saturated rings. The molecule has 2 amide bonds. The number of amides is 2. The highest BCUT2D eigenvalue weighted by molar-refractivity contribution is 7.22. The third-order valence-electron chi connectivity index (χ3n) is 5.00. The molecule has 2 heterocycles. The number of hydrogen-bond donors (Lipinski definition) is 2. The van der Waals surface area contributed by atoms with E-state index in [9.17, 15) is 18.4 Å². The Hall–Kier alpha value is -3.04. The summed E-state index contributed by atoms with van der Waals surface area (Å²) in [7, 11) is 0. The largest absolute Gasteiger partial charge is 0.321 e. The van der Waals surface area contributed by atoms with Crippen LogP contribution in [0.5, 0.6) is 0 Å². The molecule has 0 unspecified atom stereocenters. The number of anilines is 2. The molecule has 34 heavy (non-hydrogen) atoms. The molecule has 10 heteroatoms. The summed E-state index contributed by atoms with van der Waals surface area (Å²) in [4.78, 5) is 25.9. The lowest BCUT2D eigenvalue weighted by atomic mass is 10.2. The highest BCUT2D eigenvalue weighted by Crippen LogP contribution is 2.37. The first kappa shape index (κ1) is 22.7. The standard InChI is InChI=1S/C24H12Cl2F2N2O2S2/c25-19-15-7-1-11(27)9-17(15)33-21(19)23(31)29-13-3-5-14(6-4-13)30-24(32)22-20(26)16-8-2-12(28)10-18(16)34-22/h1-10H,(H,29,31)(H,30,32). The van der Waals surface area contributed by atoms with Crippen LogP contribution in [0, 0.1) is 11.6 Å². The van der Waals surface area contributed by atoms with Crippen molar-refractivity contribution in [2.45, 2.75) is 0 Å². The van der Waals surface area contributed by atoms with Gasteiger partial charge in [0.05, 0.1) is 10.0 Å². The number of rotatable bonds is 4. The molecule has 170 valence electrons. The zero-order chi connectivity index (χ0) is 24.0. The van der Waals surface area contributed by atoms with Gasteiger partial charge in [0.25, 0.3) is 11.8 Å². The van der Waals surface area contributed by atoms with Crippen LogP contribution in [0.1, 0.15) is 19.3 Å². The van der Waals surface area contributed by atoms with E-state index in [1.165, 1.54) is 36.4 Å². The molecule has 5 rings (SSSR count). The minimum Gasteiger partial charge on any atom is -0.321 e. The van der Waals surface area contributed by atoms with Gasteiger partial charge < -0.3 is 10.6 Å².